The lowest BCUT2D eigenvalue weighted by molar-refractivity contribution is -0.116. The second kappa shape index (κ2) is 7.19. The largest absolute Gasteiger partial charge is 0.339 e. The number of aromatic amines is 1. The van der Waals surface area contributed by atoms with Crippen molar-refractivity contribution in [2.75, 3.05) is 42.9 Å². The Bertz CT molecular complexity index is 639. The molecule has 0 bridgehead atoms. The van der Waals surface area contributed by atoms with Gasteiger partial charge in [-0.15, -0.1) is 0 Å². The number of amides is 1. The van der Waals surface area contributed by atoms with Gasteiger partial charge in [-0.3, -0.25) is 9.69 Å². The molecule has 0 spiro atoms. The number of piperazine rings is 1. The number of anilines is 2. The monoisotopic (exact) mass is 318 g/mol. The highest BCUT2D eigenvalue weighted by Gasteiger charge is 2.19. The van der Waals surface area contributed by atoms with Gasteiger partial charge in [0.2, 0.25) is 11.9 Å². The molecule has 2 N–H and O–H groups in total. The van der Waals surface area contributed by atoms with Crippen molar-refractivity contribution in [1.29, 1.82) is 0 Å². The van der Waals surface area contributed by atoms with E-state index in [0.29, 0.717) is 18.7 Å². The van der Waals surface area contributed by atoms with Gasteiger partial charge in [0.25, 0.3) is 0 Å². The van der Waals surface area contributed by atoms with Crippen LogP contribution in [0.15, 0.2) is 30.6 Å². The summed E-state index contributed by atoms with van der Waals surface area (Å²) >= 11 is 0. The topological polar surface area (TPSA) is 77.2 Å². The maximum Gasteiger partial charge on any atom is 0.225 e. The highest BCUT2D eigenvalue weighted by atomic mass is 19.1. The molecule has 2 heterocycles. The SMILES string of the molecule is O=C(CCN1CCN(c2ncn[nH]2)CC1)Nc1cccc(F)c1. The maximum atomic E-state index is 13.1. The predicted octanol–water partition coefficient (Wildman–Crippen LogP) is 1.09. The van der Waals surface area contributed by atoms with Crippen LogP contribution < -0.4 is 10.2 Å². The van der Waals surface area contributed by atoms with Crippen LogP contribution in [0.3, 0.4) is 0 Å². The fourth-order valence-corrected chi connectivity index (χ4v) is 2.58. The molecule has 0 saturated carbocycles. The van der Waals surface area contributed by atoms with E-state index in [-0.39, 0.29) is 11.7 Å². The van der Waals surface area contributed by atoms with Crippen LogP contribution in [-0.2, 0) is 4.79 Å². The van der Waals surface area contributed by atoms with Crippen LogP contribution in [0.5, 0.6) is 0 Å². The van der Waals surface area contributed by atoms with Crippen LogP contribution in [0.25, 0.3) is 0 Å². The zero-order valence-electron chi connectivity index (χ0n) is 12.7. The van der Waals surface area contributed by atoms with E-state index in [1.165, 1.54) is 18.5 Å². The van der Waals surface area contributed by atoms with Crippen molar-refractivity contribution in [3.63, 3.8) is 0 Å². The Hall–Kier alpha value is -2.48. The second-order valence-corrected chi connectivity index (χ2v) is 5.45. The number of hydrogen-bond donors (Lipinski definition) is 2. The standard InChI is InChI=1S/C15H19FN6O/c16-12-2-1-3-13(10-12)19-14(23)4-5-21-6-8-22(9-7-21)15-17-11-18-20-15/h1-3,10-11H,4-9H2,(H,19,23)(H,17,18,20). The van der Waals surface area contributed by atoms with Gasteiger partial charge in [-0.05, 0) is 18.2 Å². The van der Waals surface area contributed by atoms with E-state index in [1.54, 1.807) is 12.1 Å². The van der Waals surface area contributed by atoms with Crippen LogP contribution in [-0.4, -0.2) is 58.7 Å². The molecule has 1 aromatic carbocycles. The van der Waals surface area contributed by atoms with Crippen LogP contribution in [0.1, 0.15) is 6.42 Å². The number of halogens is 1. The Morgan fingerprint density at radius 3 is 2.83 bits per heavy atom. The van der Waals surface area contributed by atoms with E-state index in [4.69, 9.17) is 0 Å². The Kier molecular flexibility index (Phi) is 4.82. The van der Waals surface area contributed by atoms with Gasteiger partial charge >= 0.3 is 0 Å². The predicted molar refractivity (Wildman–Crippen MR) is 84.7 cm³/mol. The number of benzene rings is 1. The number of carbonyl (C=O) groups is 1. The van der Waals surface area contributed by atoms with E-state index in [2.05, 4.69) is 30.3 Å². The molecule has 1 aliphatic rings. The summed E-state index contributed by atoms with van der Waals surface area (Å²) in [5.74, 6) is 0.327. The van der Waals surface area contributed by atoms with Crippen molar-refractivity contribution in [1.82, 2.24) is 20.1 Å². The first-order valence-electron chi connectivity index (χ1n) is 7.59. The van der Waals surface area contributed by atoms with Crippen molar-refractivity contribution in [2.24, 2.45) is 0 Å². The first-order chi connectivity index (χ1) is 11.2. The first kappa shape index (κ1) is 15.4. The summed E-state index contributed by atoms with van der Waals surface area (Å²) in [6, 6.07) is 5.92. The number of H-pyrrole nitrogens is 1. The summed E-state index contributed by atoms with van der Waals surface area (Å²) in [6.07, 6.45) is 1.89. The zero-order valence-corrected chi connectivity index (χ0v) is 12.7. The smallest absolute Gasteiger partial charge is 0.225 e. The average molecular weight is 318 g/mol. The summed E-state index contributed by atoms with van der Waals surface area (Å²) < 4.78 is 13.1. The van der Waals surface area contributed by atoms with Crippen molar-refractivity contribution < 1.29 is 9.18 Å². The molecule has 2 aromatic rings. The molecular weight excluding hydrogens is 299 g/mol. The lowest BCUT2D eigenvalue weighted by Gasteiger charge is -2.34. The molecule has 0 radical (unpaired) electrons. The van der Waals surface area contributed by atoms with E-state index in [1.807, 2.05) is 0 Å². The van der Waals surface area contributed by atoms with Crippen molar-refractivity contribution in [3.05, 3.63) is 36.4 Å². The summed E-state index contributed by atoms with van der Waals surface area (Å²) in [5.41, 5.74) is 0.491. The van der Waals surface area contributed by atoms with Crippen molar-refractivity contribution in [3.8, 4) is 0 Å². The van der Waals surface area contributed by atoms with E-state index < -0.39 is 0 Å². The second-order valence-electron chi connectivity index (χ2n) is 5.45. The highest BCUT2D eigenvalue weighted by molar-refractivity contribution is 5.90. The number of nitrogens with one attached hydrogen (secondary N) is 2. The zero-order chi connectivity index (χ0) is 16.1. The third-order valence-corrected chi connectivity index (χ3v) is 3.84. The number of nitrogens with zero attached hydrogens (tertiary/aromatic N) is 4. The third kappa shape index (κ3) is 4.26. The quantitative estimate of drug-likeness (QED) is 0.863. The Balaban J connectivity index is 1.40. The number of aromatic nitrogens is 3. The van der Waals surface area contributed by atoms with E-state index in [0.717, 1.165) is 32.1 Å². The molecule has 0 aliphatic carbocycles. The van der Waals surface area contributed by atoms with Crippen molar-refractivity contribution >= 4 is 17.5 Å². The van der Waals surface area contributed by atoms with Gasteiger partial charge in [-0.1, -0.05) is 6.07 Å². The average Bonchev–Trinajstić information content (AvgIpc) is 3.08. The highest BCUT2D eigenvalue weighted by Crippen LogP contribution is 2.11. The molecule has 0 unspecified atom stereocenters. The summed E-state index contributed by atoms with van der Waals surface area (Å²) in [4.78, 5) is 20.4. The molecule has 7 nitrogen and oxygen atoms in total. The minimum atomic E-state index is -0.355. The maximum absolute atomic E-state index is 13.1. The Morgan fingerprint density at radius 1 is 1.30 bits per heavy atom. The molecule has 8 heteroatoms. The van der Waals surface area contributed by atoms with Gasteiger partial charge < -0.3 is 10.2 Å². The number of hydrogen-bond acceptors (Lipinski definition) is 5. The van der Waals surface area contributed by atoms with Gasteiger partial charge in [0, 0.05) is 44.8 Å². The van der Waals surface area contributed by atoms with Crippen molar-refractivity contribution in [2.45, 2.75) is 6.42 Å². The Labute approximate surface area is 133 Å². The molecule has 3 rings (SSSR count). The molecule has 0 atom stereocenters. The fourth-order valence-electron chi connectivity index (χ4n) is 2.58. The number of carbonyl (C=O) groups excluding carboxylic acids is 1. The molecule has 1 saturated heterocycles. The van der Waals surface area contributed by atoms with E-state index >= 15 is 0 Å². The van der Waals surface area contributed by atoms with Crippen LogP contribution in [0.2, 0.25) is 0 Å². The minimum absolute atomic E-state index is 0.103. The van der Waals surface area contributed by atoms with Gasteiger partial charge in [-0.25, -0.2) is 9.49 Å². The lowest BCUT2D eigenvalue weighted by Crippen LogP contribution is -2.47. The summed E-state index contributed by atoms with van der Waals surface area (Å²) in [5, 5.41) is 9.42. The van der Waals surface area contributed by atoms with Crippen LogP contribution in [0, 0.1) is 5.82 Å². The summed E-state index contributed by atoms with van der Waals surface area (Å²) in [7, 11) is 0. The molecular formula is C15H19FN6O. The van der Waals surface area contributed by atoms with Gasteiger partial charge in [0.15, 0.2) is 0 Å². The van der Waals surface area contributed by atoms with E-state index in [9.17, 15) is 9.18 Å². The fraction of sp³-hybridized carbons (Fsp3) is 0.400. The van der Waals surface area contributed by atoms with Gasteiger partial charge in [-0.2, -0.15) is 10.1 Å². The minimum Gasteiger partial charge on any atom is -0.339 e. The van der Waals surface area contributed by atoms with Gasteiger partial charge in [0.1, 0.15) is 12.1 Å². The molecule has 1 aliphatic heterocycles. The third-order valence-electron chi connectivity index (χ3n) is 3.84. The van der Waals surface area contributed by atoms with Crippen LogP contribution in [0.4, 0.5) is 16.0 Å². The van der Waals surface area contributed by atoms with Crippen LogP contribution >= 0.6 is 0 Å². The van der Waals surface area contributed by atoms with Gasteiger partial charge in [0.05, 0.1) is 0 Å². The molecule has 23 heavy (non-hydrogen) atoms. The lowest BCUT2D eigenvalue weighted by atomic mass is 10.2. The molecule has 1 amide bonds. The summed E-state index contributed by atoms with van der Waals surface area (Å²) in [6.45, 7) is 4.12. The number of rotatable bonds is 5. The normalized spacial score (nSPS) is 15.6. The molecule has 122 valence electrons. The Morgan fingerprint density at radius 2 is 2.13 bits per heavy atom. The molecule has 1 aromatic heterocycles. The molecule has 1 fully saturated rings. The first-order valence-corrected chi connectivity index (χ1v) is 7.59.